The lowest BCUT2D eigenvalue weighted by molar-refractivity contribution is -0.116. The van der Waals surface area contributed by atoms with Crippen LogP contribution in [0.5, 0.6) is 5.75 Å². The summed E-state index contributed by atoms with van der Waals surface area (Å²) in [5.74, 6) is -0.295. The number of aromatic hydroxyl groups is 1. The molecule has 0 fully saturated rings. The number of Topliss-reactive ketones (excluding diaryl/α,β-unsaturated/α-hetero) is 1. The summed E-state index contributed by atoms with van der Waals surface area (Å²) in [6.07, 6.45) is -2.60. The predicted octanol–water partition coefficient (Wildman–Crippen LogP) is 2.46. The van der Waals surface area contributed by atoms with Crippen LogP contribution in [0.1, 0.15) is 24.5 Å². The van der Waals surface area contributed by atoms with Gasteiger partial charge in [0.15, 0.2) is 0 Å². The van der Waals surface area contributed by atoms with E-state index in [1.165, 1.54) is 13.0 Å². The molecule has 0 atom stereocenters. The van der Waals surface area contributed by atoms with Crippen LogP contribution >= 0.6 is 0 Å². The second-order valence-electron chi connectivity index (χ2n) is 3.07. The third kappa shape index (κ3) is 2.52. The molecular formula is C10H10F2O2. The standard InChI is InChI=1S/C10H10F2O2/c1-6(13)4-8-5-7(10(11)12)2-3-9(8)14/h2-3,5,10,14H,4H2,1H3. The highest BCUT2D eigenvalue weighted by Crippen LogP contribution is 2.25. The van der Waals surface area contributed by atoms with Crippen LogP contribution in [0.25, 0.3) is 0 Å². The SMILES string of the molecule is CC(=O)Cc1cc(C(F)F)ccc1O. The van der Waals surface area contributed by atoms with Gasteiger partial charge in [-0.1, -0.05) is 0 Å². The van der Waals surface area contributed by atoms with Crippen molar-refractivity contribution in [3.63, 3.8) is 0 Å². The van der Waals surface area contributed by atoms with Gasteiger partial charge in [-0.05, 0) is 25.1 Å². The number of benzene rings is 1. The fraction of sp³-hybridized carbons (Fsp3) is 0.300. The monoisotopic (exact) mass is 200 g/mol. The lowest BCUT2D eigenvalue weighted by atomic mass is 10.1. The summed E-state index contributed by atoms with van der Waals surface area (Å²) in [4.78, 5) is 10.7. The molecule has 0 aromatic heterocycles. The summed E-state index contributed by atoms with van der Waals surface area (Å²) in [7, 11) is 0. The quantitative estimate of drug-likeness (QED) is 0.813. The summed E-state index contributed by atoms with van der Waals surface area (Å²) in [5.41, 5.74) is 0.0642. The van der Waals surface area contributed by atoms with E-state index in [0.717, 1.165) is 12.1 Å². The van der Waals surface area contributed by atoms with Crippen LogP contribution in [0.15, 0.2) is 18.2 Å². The zero-order valence-corrected chi connectivity index (χ0v) is 7.63. The first-order chi connectivity index (χ1) is 6.50. The molecule has 0 unspecified atom stereocenters. The summed E-state index contributed by atoms with van der Waals surface area (Å²) >= 11 is 0. The predicted molar refractivity (Wildman–Crippen MR) is 47.4 cm³/mol. The molecule has 0 radical (unpaired) electrons. The summed E-state index contributed by atoms with van der Waals surface area (Å²) in [6, 6.07) is 3.48. The Morgan fingerprint density at radius 1 is 1.50 bits per heavy atom. The molecule has 0 amide bonds. The number of carbonyl (C=O) groups excluding carboxylic acids is 1. The zero-order chi connectivity index (χ0) is 10.7. The molecule has 4 heteroatoms. The maximum absolute atomic E-state index is 12.2. The summed E-state index contributed by atoms with van der Waals surface area (Å²) < 4.78 is 24.5. The van der Waals surface area contributed by atoms with Gasteiger partial charge < -0.3 is 5.11 Å². The van der Waals surface area contributed by atoms with Crippen molar-refractivity contribution >= 4 is 5.78 Å². The van der Waals surface area contributed by atoms with Crippen LogP contribution in [0.2, 0.25) is 0 Å². The highest BCUT2D eigenvalue weighted by Gasteiger charge is 2.11. The van der Waals surface area contributed by atoms with Gasteiger partial charge in [0.1, 0.15) is 11.5 Å². The first kappa shape index (κ1) is 10.6. The van der Waals surface area contributed by atoms with Gasteiger partial charge in [0.05, 0.1) is 0 Å². The number of phenolic OH excluding ortho intramolecular Hbond substituents is 1. The van der Waals surface area contributed by atoms with Crippen molar-refractivity contribution in [3.8, 4) is 5.75 Å². The van der Waals surface area contributed by atoms with Crippen molar-refractivity contribution in [2.75, 3.05) is 0 Å². The first-order valence-corrected chi connectivity index (χ1v) is 4.10. The highest BCUT2D eigenvalue weighted by molar-refractivity contribution is 5.79. The zero-order valence-electron chi connectivity index (χ0n) is 7.63. The average molecular weight is 200 g/mol. The number of rotatable bonds is 3. The number of ketones is 1. The normalized spacial score (nSPS) is 10.6. The number of alkyl halides is 2. The Hall–Kier alpha value is -1.45. The third-order valence-electron chi connectivity index (χ3n) is 1.79. The molecule has 1 aromatic carbocycles. The van der Waals surface area contributed by atoms with E-state index in [4.69, 9.17) is 0 Å². The molecule has 0 saturated carbocycles. The average Bonchev–Trinajstić information content (AvgIpc) is 2.07. The lowest BCUT2D eigenvalue weighted by Crippen LogP contribution is -1.98. The lowest BCUT2D eigenvalue weighted by Gasteiger charge is -2.05. The topological polar surface area (TPSA) is 37.3 Å². The summed E-state index contributed by atoms with van der Waals surface area (Å²) in [6.45, 7) is 1.34. The molecule has 0 aliphatic rings. The summed E-state index contributed by atoms with van der Waals surface area (Å²) in [5, 5.41) is 9.27. The van der Waals surface area contributed by atoms with Gasteiger partial charge in [-0.2, -0.15) is 0 Å². The van der Waals surface area contributed by atoms with Gasteiger partial charge in [-0.25, -0.2) is 8.78 Å². The maximum atomic E-state index is 12.2. The van der Waals surface area contributed by atoms with Crippen molar-refractivity contribution in [1.29, 1.82) is 0 Å². The van der Waals surface area contributed by atoms with Crippen LogP contribution < -0.4 is 0 Å². The van der Waals surface area contributed by atoms with Gasteiger partial charge >= 0.3 is 0 Å². The van der Waals surface area contributed by atoms with E-state index in [2.05, 4.69) is 0 Å². The Labute approximate surface area is 80.2 Å². The van der Waals surface area contributed by atoms with Gasteiger partial charge in [0.25, 0.3) is 6.43 Å². The fourth-order valence-electron chi connectivity index (χ4n) is 1.15. The van der Waals surface area contributed by atoms with Crippen molar-refractivity contribution in [2.24, 2.45) is 0 Å². The van der Waals surface area contributed by atoms with E-state index in [1.807, 2.05) is 0 Å². The first-order valence-electron chi connectivity index (χ1n) is 4.10. The largest absolute Gasteiger partial charge is 0.508 e. The van der Waals surface area contributed by atoms with Crippen LogP contribution in [-0.4, -0.2) is 10.9 Å². The maximum Gasteiger partial charge on any atom is 0.263 e. The van der Waals surface area contributed by atoms with Crippen LogP contribution in [0.4, 0.5) is 8.78 Å². The second-order valence-corrected chi connectivity index (χ2v) is 3.07. The molecule has 0 heterocycles. The van der Waals surface area contributed by atoms with E-state index >= 15 is 0 Å². The Bertz CT molecular complexity index is 348. The van der Waals surface area contributed by atoms with Gasteiger partial charge in [-0.3, -0.25) is 4.79 Å². The van der Waals surface area contributed by atoms with E-state index in [0.29, 0.717) is 0 Å². The molecule has 1 aromatic rings. The minimum atomic E-state index is -2.58. The van der Waals surface area contributed by atoms with Gasteiger partial charge in [0.2, 0.25) is 0 Å². The Kier molecular flexibility index (Phi) is 3.17. The van der Waals surface area contributed by atoms with Crippen molar-refractivity contribution in [3.05, 3.63) is 29.3 Å². The van der Waals surface area contributed by atoms with Crippen molar-refractivity contribution in [1.82, 2.24) is 0 Å². The Morgan fingerprint density at radius 2 is 2.14 bits per heavy atom. The minimum Gasteiger partial charge on any atom is -0.508 e. The van der Waals surface area contributed by atoms with Crippen LogP contribution in [0, 0.1) is 0 Å². The Morgan fingerprint density at radius 3 is 2.64 bits per heavy atom. The van der Waals surface area contributed by atoms with Crippen molar-refractivity contribution in [2.45, 2.75) is 19.8 Å². The smallest absolute Gasteiger partial charge is 0.263 e. The van der Waals surface area contributed by atoms with Crippen LogP contribution in [0.3, 0.4) is 0 Å². The molecule has 1 rings (SSSR count). The number of carbonyl (C=O) groups is 1. The minimum absolute atomic E-state index is 0.0214. The van der Waals surface area contributed by atoms with Crippen molar-refractivity contribution < 1.29 is 18.7 Å². The molecule has 14 heavy (non-hydrogen) atoms. The van der Waals surface area contributed by atoms with E-state index in [-0.39, 0.29) is 29.1 Å². The van der Waals surface area contributed by atoms with E-state index in [9.17, 15) is 18.7 Å². The third-order valence-corrected chi connectivity index (χ3v) is 1.79. The van der Waals surface area contributed by atoms with E-state index < -0.39 is 6.43 Å². The van der Waals surface area contributed by atoms with Gasteiger partial charge in [-0.15, -0.1) is 0 Å². The molecule has 0 saturated heterocycles. The Balaban J connectivity index is 3.02. The van der Waals surface area contributed by atoms with E-state index in [1.54, 1.807) is 0 Å². The molecule has 1 N–H and O–H groups in total. The van der Waals surface area contributed by atoms with Gasteiger partial charge in [0, 0.05) is 17.5 Å². The fourth-order valence-corrected chi connectivity index (χ4v) is 1.15. The van der Waals surface area contributed by atoms with Crippen LogP contribution in [-0.2, 0) is 11.2 Å². The number of hydrogen-bond acceptors (Lipinski definition) is 2. The molecule has 0 bridgehead atoms. The highest BCUT2D eigenvalue weighted by atomic mass is 19.3. The molecular weight excluding hydrogens is 190 g/mol. The number of hydrogen-bond donors (Lipinski definition) is 1. The molecule has 0 aliphatic heterocycles. The molecule has 0 spiro atoms. The molecule has 76 valence electrons. The number of phenols is 1. The number of halogens is 2. The molecule has 0 aliphatic carbocycles. The second kappa shape index (κ2) is 4.17. The molecule has 2 nitrogen and oxygen atoms in total.